The first kappa shape index (κ1) is 16.4. The van der Waals surface area contributed by atoms with Crippen LogP contribution in [0.4, 0.5) is 0 Å². The zero-order valence-electron chi connectivity index (χ0n) is 11.2. The molecule has 0 aromatic carbocycles. The van der Waals surface area contributed by atoms with E-state index in [1.807, 2.05) is 20.8 Å². The predicted molar refractivity (Wildman–Crippen MR) is 71.8 cm³/mol. The first-order valence-electron chi connectivity index (χ1n) is 5.16. The van der Waals surface area contributed by atoms with Gasteiger partial charge in [0.25, 0.3) is 5.56 Å². The van der Waals surface area contributed by atoms with Gasteiger partial charge in [-0.15, -0.1) is 10.2 Å². The molecule has 0 saturated carbocycles. The van der Waals surface area contributed by atoms with Gasteiger partial charge in [0.2, 0.25) is 11.1 Å². The lowest BCUT2D eigenvalue weighted by Gasteiger charge is -2.16. The van der Waals surface area contributed by atoms with E-state index in [-0.39, 0.29) is 16.9 Å². The standard InChI is InChI=1S/C8H14N4OS.C2H5NO/c1-8(2,3)5-6(13)12(9)7(14-4)11-10-5;1-2(3)4/h9H2,1-4H3;1H3,(H2,3,4). The van der Waals surface area contributed by atoms with Crippen LogP contribution in [-0.2, 0) is 10.2 Å². The van der Waals surface area contributed by atoms with Crippen molar-refractivity contribution in [3.05, 3.63) is 16.0 Å². The van der Waals surface area contributed by atoms with Crippen molar-refractivity contribution in [1.82, 2.24) is 14.9 Å². The summed E-state index contributed by atoms with van der Waals surface area (Å²) in [5.41, 5.74) is 4.25. The molecule has 0 unspecified atom stereocenters. The molecule has 8 heteroatoms. The number of nitrogen functional groups attached to an aromatic ring is 1. The number of nitrogens with two attached hydrogens (primary N) is 2. The fraction of sp³-hybridized carbons (Fsp3) is 0.600. The van der Waals surface area contributed by atoms with Gasteiger partial charge in [0.15, 0.2) is 0 Å². The molecule has 0 fully saturated rings. The highest BCUT2D eigenvalue weighted by Gasteiger charge is 2.22. The summed E-state index contributed by atoms with van der Waals surface area (Å²) in [5.74, 6) is 5.24. The molecule has 0 atom stereocenters. The molecule has 102 valence electrons. The highest BCUT2D eigenvalue weighted by Crippen LogP contribution is 2.16. The molecule has 0 aliphatic heterocycles. The molecule has 0 bridgehead atoms. The quantitative estimate of drug-likeness (QED) is 0.543. The van der Waals surface area contributed by atoms with Crippen LogP contribution in [0, 0.1) is 0 Å². The minimum Gasteiger partial charge on any atom is -0.370 e. The molecule has 7 nitrogen and oxygen atoms in total. The van der Waals surface area contributed by atoms with Crippen LogP contribution in [-0.4, -0.2) is 27.0 Å². The van der Waals surface area contributed by atoms with Crippen LogP contribution in [0.5, 0.6) is 0 Å². The van der Waals surface area contributed by atoms with Crippen LogP contribution in [0.1, 0.15) is 33.4 Å². The minimum atomic E-state index is -0.333. The monoisotopic (exact) mass is 273 g/mol. The van der Waals surface area contributed by atoms with Gasteiger partial charge >= 0.3 is 0 Å². The maximum atomic E-state index is 11.7. The summed E-state index contributed by atoms with van der Waals surface area (Å²) in [4.78, 5) is 20.9. The maximum Gasteiger partial charge on any atom is 0.295 e. The van der Waals surface area contributed by atoms with Crippen molar-refractivity contribution in [3.63, 3.8) is 0 Å². The Morgan fingerprint density at radius 3 is 2.11 bits per heavy atom. The third-order valence-electron chi connectivity index (χ3n) is 1.76. The van der Waals surface area contributed by atoms with Crippen LogP contribution in [0.2, 0.25) is 0 Å². The van der Waals surface area contributed by atoms with Crippen LogP contribution in [0.25, 0.3) is 0 Å². The van der Waals surface area contributed by atoms with Crippen LogP contribution in [0.3, 0.4) is 0 Å². The first-order valence-corrected chi connectivity index (χ1v) is 6.39. The molecule has 1 amide bonds. The lowest BCUT2D eigenvalue weighted by atomic mass is 9.93. The SMILES string of the molecule is CC(N)=O.CSc1nnc(C(C)(C)C)c(=O)n1N. The van der Waals surface area contributed by atoms with Crippen molar-refractivity contribution < 1.29 is 4.79 Å². The average Bonchev–Trinajstić information content (AvgIpc) is 2.19. The van der Waals surface area contributed by atoms with E-state index in [1.165, 1.54) is 18.7 Å². The second kappa shape index (κ2) is 6.39. The number of primary amides is 1. The minimum absolute atomic E-state index is 0.281. The van der Waals surface area contributed by atoms with Crippen molar-refractivity contribution in [2.75, 3.05) is 12.1 Å². The molecule has 18 heavy (non-hydrogen) atoms. The summed E-state index contributed by atoms with van der Waals surface area (Å²) in [6, 6.07) is 0. The Bertz CT molecular complexity index is 474. The third kappa shape index (κ3) is 4.74. The molecule has 1 aromatic rings. The normalized spacial score (nSPS) is 10.5. The number of rotatable bonds is 1. The molecule has 0 radical (unpaired) electrons. The molecule has 0 aliphatic rings. The second-order valence-corrected chi connectivity index (χ2v) is 5.34. The third-order valence-corrected chi connectivity index (χ3v) is 2.40. The van der Waals surface area contributed by atoms with Crippen LogP contribution in [0.15, 0.2) is 9.95 Å². The van der Waals surface area contributed by atoms with Gasteiger partial charge in [-0.3, -0.25) is 9.59 Å². The van der Waals surface area contributed by atoms with Gasteiger partial charge in [0.05, 0.1) is 0 Å². The Labute approximate surface area is 110 Å². The van der Waals surface area contributed by atoms with Gasteiger partial charge < -0.3 is 11.6 Å². The number of nitrogens with zero attached hydrogens (tertiary/aromatic N) is 3. The highest BCUT2D eigenvalue weighted by atomic mass is 32.2. The van der Waals surface area contributed by atoms with Crippen molar-refractivity contribution in [2.45, 2.75) is 38.3 Å². The van der Waals surface area contributed by atoms with E-state index in [9.17, 15) is 9.59 Å². The Hall–Kier alpha value is -1.57. The van der Waals surface area contributed by atoms with Gasteiger partial charge in [-0.1, -0.05) is 32.5 Å². The largest absolute Gasteiger partial charge is 0.370 e. The van der Waals surface area contributed by atoms with E-state index in [0.29, 0.717) is 10.9 Å². The zero-order chi connectivity index (χ0) is 14.5. The summed E-state index contributed by atoms with van der Waals surface area (Å²) in [5, 5.41) is 8.19. The fourth-order valence-corrected chi connectivity index (χ4v) is 1.40. The Morgan fingerprint density at radius 2 is 1.78 bits per heavy atom. The summed E-state index contributed by atoms with van der Waals surface area (Å²) >= 11 is 1.29. The Kier molecular flexibility index (Phi) is 5.83. The van der Waals surface area contributed by atoms with Gasteiger partial charge in [-0.2, -0.15) is 4.68 Å². The molecule has 0 saturated heterocycles. The van der Waals surface area contributed by atoms with Crippen LogP contribution < -0.4 is 17.1 Å². The number of hydrogen-bond acceptors (Lipinski definition) is 6. The number of thioether (sulfide) groups is 1. The van der Waals surface area contributed by atoms with Crippen molar-refractivity contribution in [2.24, 2.45) is 5.73 Å². The van der Waals surface area contributed by atoms with E-state index in [4.69, 9.17) is 5.84 Å². The molecule has 0 spiro atoms. The number of carbonyl (C=O) groups excluding carboxylic acids is 1. The van der Waals surface area contributed by atoms with Crippen molar-refractivity contribution in [1.29, 1.82) is 0 Å². The molecule has 1 heterocycles. The summed E-state index contributed by atoms with van der Waals surface area (Å²) in [7, 11) is 0. The Balaban J connectivity index is 0.000000631. The lowest BCUT2D eigenvalue weighted by Crippen LogP contribution is -2.37. The van der Waals surface area contributed by atoms with Gasteiger partial charge in [0, 0.05) is 12.3 Å². The average molecular weight is 273 g/mol. The molecule has 1 aromatic heterocycles. The van der Waals surface area contributed by atoms with E-state index < -0.39 is 0 Å². The van der Waals surface area contributed by atoms with E-state index >= 15 is 0 Å². The second-order valence-electron chi connectivity index (χ2n) is 4.57. The predicted octanol–water partition coefficient (Wildman–Crippen LogP) is -0.137. The Morgan fingerprint density at radius 1 is 1.33 bits per heavy atom. The number of hydrogen-bond donors (Lipinski definition) is 2. The van der Waals surface area contributed by atoms with Gasteiger partial charge in [0.1, 0.15) is 5.69 Å². The zero-order valence-corrected chi connectivity index (χ0v) is 12.0. The van der Waals surface area contributed by atoms with Crippen molar-refractivity contribution in [3.8, 4) is 0 Å². The first-order chi connectivity index (χ1) is 8.11. The van der Waals surface area contributed by atoms with E-state index in [0.717, 1.165) is 4.68 Å². The molecule has 0 aliphatic carbocycles. The summed E-state index contributed by atoms with van der Waals surface area (Å²) in [6.07, 6.45) is 1.80. The molecular weight excluding hydrogens is 254 g/mol. The molecule has 1 rings (SSSR count). The number of carbonyl (C=O) groups is 1. The maximum absolute atomic E-state index is 11.7. The number of aromatic nitrogens is 3. The van der Waals surface area contributed by atoms with Crippen molar-refractivity contribution >= 4 is 17.7 Å². The molecule has 4 N–H and O–H groups in total. The fourth-order valence-electron chi connectivity index (χ4n) is 0.995. The molecular formula is C10H19N5O2S. The highest BCUT2D eigenvalue weighted by molar-refractivity contribution is 7.98. The van der Waals surface area contributed by atoms with Crippen LogP contribution >= 0.6 is 11.8 Å². The lowest BCUT2D eigenvalue weighted by molar-refractivity contribution is -0.115. The van der Waals surface area contributed by atoms with Gasteiger partial charge in [-0.25, -0.2) is 0 Å². The van der Waals surface area contributed by atoms with E-state index in [1.54, 1.807) is 6.26 Å². The summed E-state index contributed by atoms with van der Waals surface area (Å²) in [6.45, 7) is 7.01. The smallest absolute Gasteiger partial charge is 0.295 e. The van der Waals surface area contributed by atoms with E-state index in [2.05, 4.69) is 15.9 Å². The van der Waals surface area contributed by atoms with Gasteiger partial charge in [-0.05, 0) is 6.26 Å². The summed E-state index contributed by atoms with van der Waals surface area (Å²) < 4.78 is 1.04. The topological polar surface area (TPSA) is 117 Å². The number of amides is 1.